The normalized spacial score (nSPS) is 13.9. The van der Waals surface area contributed by atoms with Gasteiger partial charge in [-0.2, -0.15) is 0 Å². The average Bonchev–Trinajstić information content (AvgIpc) is 2.91. The van der Waals surface area contributed by atoms with Crippen molar-refractivity contribution >= 4 is 5.57 Å². The number of hydrogen-bond donors (Lipinski definition) is 1. The van der Waals surface area contributed by atoms with Gasteiger partial charge in [0.15, 0.2) is 0 Å². The summed E-state index contributed by atoms with van der Waals surface area (Å²) in [6.07, 6.45) is 9.06. The van der Waals surface area contributed by atoms with Gasteiger partial charge in [-0.05, 0) is 41.7 Å². The van der Waals surface area contributed by atoms with Crippen molar-refractivity contribution in [1.29, 1.82) is 0 Å². The van der Waals surface area contributed by atoms with E-state index >= 15 is 0 Å². The number of aromatic amines is 1. The van der Waals surface area contributed by atoms with Gasteiger partial charge in [0.25, 0.3) is 0 Å². The maximum absolute atomic E-state index is 5.29. The second-order valence-electron chi connectivity index (χ2n) is 4.54. The molecule has 3 rings (SSSR count). The van der Waals surface area contributed by atoms with Crippen molar-refractivity contribution in [2.24, 2.45) is 0 Å². The van der Waals surface area contributed by atoms with Gasteiger partial charge in [-0.3, -0.25) is 0 Å². The van der Waals surface area contributed by atoms with Gasteiger partial charge in [-0.1, -0.05) is 12.1 Å². The first kappa shape index (κ1) is 11.1. The van der Waals surface area contributed by atoms with Crippen molar-refractivity contribution in [2.75, 3.05) is 7.11 Å². The molecule has 3 nitrogen and oxygen atoms in total. The molecule has 1 aromatic carbocycles. The third kappa shape index (κ3) is 2.04. The number of benzene rings is 1. The van der Waals surface area contributed by atoms with E-state index in [0.717, 1.165) is 30.7 Å². The van der Waals surface area contributed by atoms with Gasteiger partial charge in [0.2, 0.25) is 0 Å². The SMILES string of the molecule is COc1ccc2c(c1)CCC=C2Cc1cnc[nH]1. The molecule has 2 aromatic rings. The summed E-state index contributed by atoms with van der Waals surface area (Å²) < 4.78 is 5.29. The van der Waals surface area contributed by atoms with Gasteiger partial charge in [-0.15, -0.1) is 0 Å². The highest BCUT2D eigenvalue weighted by atomic mass is 16.5. The molecule has 0 radical (unpaired) electrons. The predicted octanol–water partition coefficient (Wildman–Crippen LogP) is 2.99. The molecule has 1 heterocycles. The number of allylic oxidation sites excluding steroid dienone is 2. The zero-order valence-corrected chi connectivity index (χ0v) is 10.4. The maximum Gasteiger partial charge on any atom is 0.119 e. The number of ether oxygens (including phenoxy) is 1. The Morgan fingerprint density at radius 2 is 2.33 bits per heavy atom. The van der Waals surface area contributed by atoms with E-state index in [1.165, 1.54) is 16.7 Å². The van der Waals surface area contributed by atoms with Crippen LogP contribution in [0.4, 0.5) is 0 Å². The van der Waals surface area contributed by atoms with Crippen molar-refractivity contribution in [1.82, 2.24) is 9.97 Å². The number of aryl methyl sites for hydroxylation is 1. The van der Waals surface area contributed by atoms with E-state index in [0.29, 0.717) is 0 Å². The molecule has 0 unspecified atom stereocenters. The summed E-state index contributed by atoms with van der Waals surface area (Å²) in [4.78, 5) is 7.23. The van der Waals surface area contributed by atoms with Crippen molar-refractivity contribution in [3.63, 3.8) is 0 Å². The lowest BCUT2D eigenvalue weighted by molar-refractivity contribution is 0.414. The highest BCUT2D eigenvalue weighted by molar-refractivity contribution is 5.72. The molecule has 0 bridgehead atoms. The smallest absolute Gasteiger partial charge is 0.119 e. The van der Waals surface area contributed by atoms with Crippen molar-refractivity contribution in [3.05, 3.63) is 53.6 Å². The van der Waals surface area contributed by atoms with Crippen LogP contribution < -0.4 is 4.74 Å². The number of nitrogens with zero attached hydrogens (tertiary/aromatic N) is 1. The third-order valence-corrected chi connectivity index (χ3v) is 3.40. The van der Waals surface area contributed by atoms with E-state index in [-0.39, 0.29) is 0 Å². The Morgan fingerprint density at radius 1 is 1.39 bits per heavy atom. The van der Waals surface area contributed by atoms with Crippen LogP contribution in [0.5, 0.6) is 5.75 Å². The van der Waals surface area contributed by atoms with Gasteiger partial charge in [0.1, 0.15) is 5.75 Å². The first-order valence-corrected chi connectivity index (χ1v) is 6.20. The van der Waals surface area contributed by atoms with Crippen LogP contribution in [0, 0.1) is 0 Å². The zero-order valence-electron chi connectivity index (χ0n) is 10.4. The fourth-order valence-electron chi connectivity index (χ4n) is 2.48. The molecule has 0 saturated heterocycles. The van der Waals surface area contributed by atoms with E-state index in [9.17, 15) is 0 Å². The van der Waals surface area contributed by atoms with Crippen molar-refractivity contribution < 1.29 is 4.74 Å². The summed E-state index contributed by atoms with van der Waals surface area (Å²) in [6.45, 7) is 0. The minimum atomic E-state index is 0.916. The lowest BCUT2D eigenvalue weighted by Crippen LogP contribution is -2.02. The van der Waals surface area contributed by atoms with Crippen LogP contribution in [0.3, 0.4) is 0 Å². The molecule has 3 heteroatoms. The topological polar surface area (TPSA) is 37.9 Å². The van der Waals surface area contributed by atoms with E-state index in [1.54, 1.807) is 13.4 Å². The van der Waals surface area contributed by atoms with E-state index in [4.69, 9.17) is 4.74 Å². The summed E-state index contributed by atoms with van der Waals surface area (Å²) >= 11 is 0. The molecular weight excluding hydrogens is 224 g/mol. The van der Waals surface area contributed by atoms with E-state index in [2.05, 4.69) is 28.2 Å². The van der Waals surface area contributed by atoms with Crippen molar-refractivity contribution in [3.8, 4) is 5.75 Å². The molecule has 0 atom stereocenters. The first-order valence-electron chi connectivity index (χ1n) is 6.20. The fourth-order valence-corrected chi connectivity index (χ4v) is 2.48. The number of imidazole rings is 1. The lowest BCUT2D eigenvalue weighted by Gasteiger charge is -2.18. The summed E-state index contributed by atoms with van der Waals surface area (Å²) in [6, 6.07) is 6.34. The number of rotatable bonds is 3. The molecular formula is C15H16N2O. The van der Waals surface area contributed by atoms with Crippen LogP contribution in [-0.4, -0.2) is 17.1 Å². The summed E-state index contributed by atoms with van der Waals surface area (Å²) in [5.41, 5.74) is 5.26. The van der Waals surface area contributed by atoms with Gasteiger partial charge >= 0.3 is 0 Å². The highest BCUT2D eigenvalue weighted by Crippen LogP contribution is 2.31. The Morgan fingerprint density at radius 3 is 3.11 bits per heavy atom. The Labute approximate surface area is 107 Å². The number of nitrogens with one attached hydrogen (secondary N) is 1. The number of fused-ring (bicyclic) bond motifs is 1. The van der Waals surface area contributed by atoms with Crippen LogP contribution in [0.25, 0.3) is 5.57 Å². The Bertz CT molecular complexity index is 570. The van der Waals surface area contributed by atoms with Gasteiger partial charge in [0.05, 0.1) is 13.4 Å². The van der Waals surface area contributed by atoms with Crippen LogP contribution in [0.15, 0.2) is 36.8 Å². The minimum Gasteiger partial charge on any atom is -0.497 e. The molecule has 1 aliphatic carbocycles. The summed E-state index contributed by atoms with van der Waals surface area (Å²) in [5.74, 6) is 0.941. The molecule has 0 spiro atoms. The molecule has 0 aliphatic heterocycles. The van der Waals surface area contributed by atoms with Gasteiger partial charge in [0, 0.05) is 18.3 Å². The molecule has 1 aliphatic rings. The molecule has 1 N–H and O–H groups in total. The second kappa shape index (κ2) is 4.69. The number of H-pyrrole nitrogens is 1. The van der Waals surface area contributed by atoms with Crippen LogP contribution in [-0.2, 0) is 12.8 Å². The molecule has 92 valence electrons. The monoisotopic (exact) mass is 240 g/mol. The maximum atomic E-state index is 5.29. The van der Waals surface area contributed by atoms with Crippen LogP contribution >= 0.6 is 0 Å². The Hall–Kier alpha value is -2.03. The fraction of sp³-hybridized carbons (Fsp3) is 0.267. The van der Waals surface area contributed by atoms with Crippen LogP contribution in [0.1, 0.15) is 23.2 Å². The number of hydrogen-bond acceptors (Lipinski definition) is 2. The average molecular weight is 240 g/mol. The molecule has 0 saturated carbocycles. The van der Waals surface area contributed by atoms with Crippen LogP contribution in [0.2, 0.25) is 0 Å². The largest absolute Gasteiger partial charge is 0.497 e. The lowest BCUT2D eigenvalue weighted by atomic mass is 9.88. The first-order chi connectivity index (χ1) is 8.86. The second-order valence-corrected chi connectivity index (χ2v) is 4.54. The summed E-state index contributed by atoms with van der Waals surface area (Å²) in [5, 5.41) is 0. The molecule has 18 heavy (non-hydrogen) atoms. The van der Waals surface area contributed by atoms with E-state index < -0.39 is 0 Å². The Kier molecular flexibility index (Phi) is 2.89. The van der Waals surface area contributed by atoms with Crippen molar-refractivity contribution in [2.45, 2.75) is 19.3 Å². The number of methoxy groups -OCH3 is 1. The molecule has 0 fully saturated rings. The molecule has 0 amide bonds. The van der Waals surface area contributed by atoms with Gasteiger partial charge in [-0.25, -0.2) is 4.98 Å². The van der Waals surface area contributed by atoms with Gasteiger partial charge < -0.3 is 9.72 Å². The highest BCUT2D eigenvalue weighted by Gasteiger charge is 2.14. The van der Waals surface area contributed by atoms with E-state index in [1.807, 2.05) is 12.3 Å². The standard InChI is InChI=1S/C15H16N2O/c1-18-14-5-6-15-11(3-2-4-12(15)8-14)7-13-9-16-10-17-13/h3,5-6,8-10H,2,4,7H2,1H3,(H,16,17). The predicted molar refractivity (Wildman–Crippen MR) is 71.6 cm³/mol. The Balaban J connectivity index is 1.92. The number of aromatic nitrogens is 2. The minimum absolute atomic E-state index is 0.916. The third-order valence-electron chi connectivity index (χ3n) is 3.40. The quantitative estimate of drug-likeness (QED) is 0.895. The molecule has 1 aromatic heterocycles. The summed E-state index contributed by atoms with van der Waals surface area (Å²) in [7, 11) is 1.71. The zero-order chi connectivity index (χ0) is 12.4.